The SMILES string of the molecule is Cc1ccsc1-c1ccc([C@H]2NC(=O)[C@@H]3C[C@@H](O)CN3C(=O)[C@H](C(C)(C)C)NC(=O)CSC[C@@H](C(N)=O)NC(=O)[C@@H](CNC(=O)C[C@@H]3N=C(c4ccc(Cl)cc4)c4c(sc(C)c4C)-n4c(C)nnc43)NC(=O)CNC2=O)cc1. The number of halogens is 1. The number of fused-ring (bicyclic) bond motifs is 4. The molecule has 3 aromatic heterocycles. The minimum Gasteiger partial charge on any atom is -0.391 e. The number of aliphatic hydroxyl groups is 1. The fourth-order valence-electron chi connectivity index (χ4n) is 9.41. The standard InChI is InChI=1S/C53H61ClN12O9S3/c1-25-16-17-77-44(25)31-10-8-30(9-11-31)43-50(74)57-21-39(69)58-35(48(72)60-36(46(55)71)23-76-24-40(70)61-45(53(5,6)7)51(75)65-22-33(67)18-37(65)49(73)62-43)20-56-38(68)19-34-47-64-63-28(4)66(47)52-41(26(2)27(3)78-52)42(59-34)29-12-14-32(54)15-13-29/h8-17,33-37,43,45,67H,18-24H2,1-7H3,(H2,55,71)(H,56,68)(H,57,74)(H,58,69)(H,60,72)(H,61,70)(H,62,73)/t33-,34+,35-,36+,37+,43-,45-/m1/s1. The first kappa shape index (κ1) is 57.2. The number of carbonyl (C=O) groups is 8. The third-order valence-electron chi connectivity index (χ3n) is 13.7. The van der Waals surface area contributed by atoms with Gasteiger partial charge in [0.05, 0.1) is 30.5 Å². The molecule has 6 heterocycles. The van der Waals surface area contributed by atoms with E-state index in [0.29, 0.717) is 27.9 Å². The number of aromatic nitrogens is 3. The number of nitrogens with one attached hydrogen (secondary N) is 6. The van der Waals surface area contributed by atoms with Gasteiger partial charge < -0.3 is 47.6 Å². The maximum absolute atomic E-state index is 14.4. The van der Waals surface area contributed by atoms with Crippen LogP contribution in [0.15, 0.2) is 65.0 Å². The van der Waals surface area contributed by atoms with Gasteiger partial charge in [0.2, 0.25) is 47.3 Å². The molecular weight excluding hydrogens is 1080 g/mol. The van der Waals surface area contributed by atoms with E-state index in [0.717, 1.165) is 54.3 Å². The number of thiophene rings is 2. The maximum atomic E-state index is 14.4. The number of carbonyl (C=O) groups excluding carboxylic acids is 8. The molecule has 2 aromatic carbocycles. The summed E-state index contributed by atoms with van der Waals surface area (Å²) in [5.41, 5.74) is 10.2. The number of primary amides is 1. The number of thioether (sulfide) groups is 1. The van der Waals surface area contributed by atoms with E-state index in [1.807, 2.05) is 48.9 Å². The Morgan fingerprint density at radius 2 is 1.58 bits per heavy atom. The van der Waals surface area contributed by atoms with Gasteiger partial charge in [-0.1, -0.05) is 68.8 Å². The number of aryl methyl sites for hydroxylation is 3. The Morgan fingerprint density at radius 1 is 0.872 bits per heavy atom. The molecule has 25 heteroatoms. The molecule has 2 saturated heterocycles. The highest BCUT2D eigenvalue weighted by Gasteiger charge is 2.45. The summed E-state index contributed by atoms with van der Waals surface area (Å²) >= 11 is 10.3. The molecule has 412 valence electrons. The lowest BCUT2D eigenvalue weighted by atomic mass is 9.85. The van der Waals surface area contributed by atoms with Crippen LogP contribution >= 0.6 is 46.0 Å². The first-order valence-electron chi connectivity index (χ1n) is 25.1. The highest BCUT2D eigenvalue weighted by molar-refractivity contribution is 8.00. The summed E-state index contributed by atoms with van der Waals surface area (Å²) < 4.78 is 1.88. The second kappa shape index (κ2) is 23.9. The minimum absolute atomic E-state index is 0.173. The molecule has 8 amide bonds. The topological polar surface area (TPSA) is 301 Å². The highest BCUT2D eigenvalue weighted by atomic mass is 35.5. The Bertz CT molecular complexity index is 3190. The lowest BCUT2D eigenvalue weighted by molar-refractivity contribution is -0.144. The van der Waals surface area contributed by atoms with Crippen molar-refractivity contribution in [3.8, 4) is 15.4 Å². The molecule has 0 radical (unpaired) electrons. The van der Waals surface area contributed by atoms with Crippen molar-refractivity contribution in [2.24, 2.45) is 16.1 Å². The number of benzene rings is 2. The van der Waals surface area contributed by atoms with Crippen LogP contribution in [0.5, 0.6) is 0 Å². The zero-order chi connectivity index (χ0) is 56.3. The Balaban J connectivity index is 1.08. The Kier molecular flexibility index (Phi) is 17.6. The lowest BCUT2D eigenvalue weighted by Gasteiger charge is -2.35. The fraction of sp³-hybridized carbons (Fsp3) is 0.415. The number of nitrogens with two attached hydrogens (primary N) is 1. The molecule has 0 spiro atoms. The van der Waals surface area contributed by atoms with Gasteiger partial charge in [0, 0.05) is 51.2 Å². The molecule has 2 fully saturated rings. The monoisotopic (exact) mass is 1140 g/mol. The number of rotatable bonds is 8. The smallest absolute Gasteiger partial charge is 0.247 e. The largest absolute Gasteiger partial charge is 0.391 e. The van der Waals surface area contributed by atoms with Crippen LogP contribution in [0.4, 0.5) is 0 Å². The van der Waals surface area contributed by atoms with Crippen LogP contribution in [-0.2, 0) is 38.4 Å². The summed E-state index contributed by atoms with van der Waals surface area (Å²) in [6.07, 6.45) is -1.57. The van der Waals surface area contributed by atoms with Crippen molar-refractivity contribution in [3.05, 3.63) is 109 Å². The second-order valence-corrected chi connectivity index (χ2v) is 24.1. The molecule has 7 atom stereocenters. The molecule has 21 nitrogen and oxygen atoms in total. The molecule has 5 aromatic rings. The first-order chi connectivity index (χ1) is 37.0. The van der Waals surface area contributed by atoms with Crippen molar-refractivity contribution in [1.82, 2.24) is 51.6 Å². The van der Waals surface area contributed by atoms with Crippen molar-refractivity contribution < 1.29 is 43.5 Å². The number of amides is 8. The van der Waals surface area contributed by atoms with Crippen LogP contribution < -0.4 is 37.6 Å². The normalized spacial score (nSPS) is 23.0. The van der Waals surface area contributed by atoms with E-state index in [1.165, 1.54) is 27.6 Å². The third kappa shape index (κ3) is 12.8. The van der Waals surface area contributed by atoms with Crippen molar-refractivity contribution >= 4 is 99.0 Å². The van der Waals surface area contributed by atoms with Gasteiger partial charge in [-0.3, -0.25) is 47.9 Å². The molecule has 0 bridgehead atoms. The van der Waals surface area contributed by atoms with Crippen LogP contribution in [0.1, 0.15) is 90.0 Å². The second-order valence-electron chi connectivity index (χ2n) is 20.5. The van der Waals surface area contributed by atoms with E-state index in [1.54, 1.807) is 64.1 Å². The van der Waals surface area contributed by atoms with Gasteiger partial charge in [0.1, 0.15) is 47.1 Å². The summed E-state index contributed by atoms with van der Waals surface area (Å²) in [5, 5.41) is 38.9. The molecule has 9 N–H and O–H groups in total. The maximum Gasteiger partial charge on any atom is 0.247 e. The van der Waals surface area contributed by atoms with Crippen LogP contribution in [0.25, 0.3) is 15.4 Å². The summed E-state index contributed by atoms with van der Waals surface area (Å²) in [4.78, 5) is 120. The Morgan fingerprint density at radius 3 is 2.24 bits per heavy atom. The van der Waals surface area contributed by atoms with Crippen molar-refractivity contribution in [2.45, 2.75) is 104 Å². The quantitative estimate of drug-likeness (QED) is 0.111. The molecule has 3 aliphatic heterocycles. The van der Waals surface area contributed by atoms with E-state index in [2.05, 4.69) is 42.1 Å². The zero-order valence-electron chi connectivity index (χ0n) is 43.9. The van der Waals surface area contributed by atoms with E-state index >= 15 is 0 Å². The Hall–Kier alpha value is -6.99. The van der Waals surface area contributed by atoms with E-state index in [-0.39, 0.29) is 30.9 Å². The van der Waals surface area contributed by atoms with E-state index < -0.39 is 108 Å². The van der Waals surface area contributed by atoms with Gasteiger partial charge in [0.25, 0.3) is 0 Å². The molecule has 3 aliphatic rings. The molecule has 0 unspecified atom stereocenters. The number of aliphatic hydroxyl groups excluding tert-OH is 1. The molecule has 8 rings (SSSR count). The molecular formula is C53H61ClN12O9S3. The van der Waals surface area contributed by atoms with Crippen LogP contribution in [-0.4, -0.2) is 139 Å². The Labute approximate surface area is 467 Å². The number of hydrogen-bond acceptors (Lipinski definition) is 15. The fourth-order valence-corrected chi connectivity index (χ4v) is 12.6. The zero-order valence-corrected chi connectivity index (χ0v) is 47.1. The van der Waals surface area contributed by atoms with Gasteiger partial charge >= 0.3 is 0 Å². The van der Waals surface area contributed by atoms with Gasteiger partial charge in [0.15, 0.2) is 5.82 Å². The molecule has 78 heavy (non-hydrogen) atoms. The van der Waals surface area contributed by atoms with Gasteiger partial charge in [-0.15, -0.1) is 44.6 Å². The minimum atomic E-state index is -1.57. The average Bonchev–Trinajstić information content (AvgIpc) is 4.24. The summed E-state index contributed by atoms with van der Waals surface area (Å²) in [6.45, 7) is 11.4. The van der Waals surface area contributed by atoms with Crippen molar-refractivity contribution in [1.29, 1.82) is 0 Å². The summed E-state index contributed by atoms with van der Waals surface area (Å²) in [6, 6.07) is 8.26. The first-order valence-corrected chi connectivity index (χ1v) is 28.3. The number of aliphatic imine (C=N–C) groups is 1. The van der Waals surface area contributed by atoms with E-state index in [9.17, 15) is 43.5 Å². The van der Waals surface area contributed by atoms with E-state index in [4.69, 9.17) is 22.3 Å². The van der Waals surface area contributed by atoms with Gasteiger partial charge in [-0.25, -0.2) is 0 Å². The van der Waals surface area contributed by atoms with Crippen molar-refractivity contribution in [2.75, 3.05) is 31.1 Å². The molecule has 0 aliphatic carbocycles. The summed E-state index contributed by atoms with van der Waals surface area (Å²) in [7, 11) is 0. The predicted octanol–water partition coefficient (Wildman–Crippen LogP) is 3.01. The van der Waals surface area contributed by atoms with Crippen LogP contribution in [0.2, 0.25) is 5.02 Å². The number of hydrogen-bond donors (Lipinski definition) is 8. The molecule has 0 saturated carbocycles. The highest BCUT2D eigenvalue weighted by Crippen LogP contribution is 2.40. The average molecular weight is 1140 g/mol. The van der Waals surface area contributed by atoms with Crippen LogP contribution in [0, 0.1) is 33.1 Å². The predicted molar refractivity (Wildman–Crippen MR) is 297 cm³/mol. The van der Waals surface area contributed by atoms with Gasteiger partial charge in [-0.2, -0.15) is 0 Å². The summed E-state index contributed by atoms with van der Waals surface area (Å²) in [5.74, 6) is -5.86. The van der Waals surface area contributed by atoms with Gasteiger partial charge in [-0.05, 0) is 78.9 Å². The number of nitrogens with zero attached hydrogens (tertiary/aromatic N) is 5. The van der Waals surface area contributed by atoms with Crippen LogP contribution in [0.3, 0.4) is 0 Å². The third-order valence-corrected chi connectivity index (χ3v) is 17.2. The van der Waals surface area contributed by atoms with Crippen molar-refractivity contribution in [3.63, 3.8) is 0 Å². The lowest BCUT2D eigenvalue weighted by Crippen LogP contribution is -2.58.